The molecular weight excluding hydrogens is 611 g/mol. The number of hydrogen-bond acceptors (Lipinski definition) is 3. The first kappa shape index (κ1) is 31.1. The normalized spacial score (nSPS) is 23.9. The number of amides is 1. The van der Waals surface area contributed by atoms with Gasteiger partial charge in [0.15, 0.2) is 9.84 Å². The van der Waals surface area contributed by atoms with Gasteiger partial charge in [-0.1, -0.05) is 55.1 Å². The second-order valence-corrected chi connectivity index (χ2v) is 14.1. The average molecular weight is 640 g/mol. The second-order valence-electron chi connectivity index (χ2n) is 11.5. The standard InChI is InChI=1S/C29H29ClF7NO3S/c1-17-7-10-21(16-23(17)30)42(40,41)26-13-14-38(25(39)18-5-3-2-4-6-18)24(26)12-8-19-15-20(9-11-22(19)26)27(31,28(32,33)34)29(35,36)37/h7,9-11,15-16,18,24H,2-6,8,12-14H2,1H3. The van der Waals surface area contributed by atoms with E-state index in [0.29, 0.717) is 30.5 Å². The van der Waals surface area contributed by atoms with Gasteiger partial charge in [-0.15, -0.1) is 0 Å². The van der Waals surface area contributed by atoms with E-state index in [9.17, 15) is 43.9 Å². The SMILES string of the molecule is Cc1ccc(S(=O)(=O)C23CCN(C(=O)C4CCCCC4)C2CCc2cc(C(F)(C(F)(F)F)C(F)(F)F)ccc23)cc1Cl. The molecule has 2 aromatic carbocycles. The fourth-order valence-corrected chi connectivity index (χ4v) is 9.67. The van der Waals surface area contributed by atoms with E-state index >= 15 is 0 Å². The van der Waals surface area contributed by atoms with Crippen molar-refractivity contribution >= 4 is 27.3 Å². The Labute approximate surface area is 244 Å². The summed E-state index contributed by atoms with van der Waals surface area (Å²) in [6, 6.07) is 4.89. The number of carbonyl (C=O) groups excluding carboxylic acids is 1. The van der Waals surface area contributed by atoms with Crippen LogP contribution < -0.4 is 0 Å². The summed E-state index contributed by atoms with van der Waals surface area (Å²) in [5.41, 5.74) is -6.88. The number of alkyl halides is 7. The molecule has 2 aromatic rings. The van der Waals surface area contributed by atoms with E-state index in [2.05, 4.69) is 0 Å². The van der Waals surface area contributed by atoms with Gasteiger partial charge in [-0.2, -0.15) is 26.3 Å². The molecule has 0 bridgehead atoms. The highest BCUT2D eigenvalue weighted by atomic mass is 35.5. The minimum absolute atomic E-state index is 0.0233. The minimum Gasteiger partial charge on any atom is -0.337 e. The molecule has 2 atom stereocenters. The molecule has 0 N–H and O–H groups in total. The largest absolute Gasteiger partial charge is 0.435 e. The second kappa shape index (κ2) is 10.4. The molecule has 1 heterocycles. The molecule has 1 saturated carbocycles. The van der Waals surface area contributed by atoms with E-state index in [-0.39, 0.29) is 58.7 Å². The van der Waals surface area contributed by atoms with Crippen molar-refractivity contribution < 1.29 is 43.9 Å². The number of likely N-dealkylation sites (tertiary alicyclic amines) is 1. The first-order chi connectivity index (χ1) is 19.5. The third-order valence-corrected chi connectivity index (χ3v) is 12.2. The molecule has 3 aliphatic rings. The fourth-order valence-electron chi connectivity index (χ4n) is 7.03. The van der Waals surface area contributed by atoms with Crippen molar-refractivity contribution in [3.63, 3.8) is 0 Å². The van der Waals surface area contributed by atoms with Gasteiger partial charge in [-0.05, 0) is 67.9 Å². The van der Waals surface area contributed by atoms with Crippen LogP contribution in [0.3, 0.4) is 0 Å². The first-order valence-corrected chi connectivity index (χ1v) is 15.6. The predicted octanol–water partition coefficient (Wildman–Crippen LogP) is 7.73. The molecule has 13 heteroatoms. The number of fused-ring (bicyclic) bond motifs is 3. The lowest BCUT2D eigenvalue weighted by Crippen LogP contribution is -2.53. The quantitative estimate of drug-likeness (QED) is 0.322. The first-order valence-electron chi connectivity index (χ1n) is 13.7. The maximum absolute atomic E-state index is 15.0. The van der Waals surface area contributed by atoms with E-state index in [4.69, 9.17) is 11.6 Å². The zero-order chi connectivity index (χ0) is 30.9. The van der Waals surface area contributed by atoms with Gasteiger partial charge in [0.05, 0.1) is 10.9 Å². The maximum atomic E-state index is 15.0. The van der Waals surface area contributed by atoms with E-state index in [0.717, 1.165) is 25.3 Å². The molecule has 2 unspecified atom stereocenters. The highest BCUT2D eigenvalue weighted by Crippen LogP contribution is 2.57. The molecule has 230 valence electrons. The summed E-state index contributed by atoms with van der Waals surface area (Å²) < 4.78 is 124. The Morgan fingerprint density at radius 2 is 1.57 bits per heavy atom. The van der Waals surface area contributed by atoms with Gasteiger partial charge in [0.2, 0.25) is 5.91 Å². The third kappa shape index (κ3) is 4.53. The van der Waals surface area contributed by atoms with Crippen molar-refractivity contribution in [1.29, 1.82) is 0 Å². The molecule has 1 amide bonds. The molecule has 5 rings (SSSR count). The number of hydrogen-bond donors (Lipinski definition) is 0. The van der Waals surface area contributed by atoms with Gasteiger partial charge in [-0.25, -0.2) is 12.8 Å². The molecule has 1 saturated heterocycles. The number of sulfone groups is 1. The van der Waals surface area contributed by atoms with Crippen LogP contribution in [0.15, 0.2) is 41.3 Å². The Balaban J connectivity index is 1.69. The summed E-state index contributed by atoms with van der Waals surface area (Å²) >= 11 is 6.25. The molecule has 0 spiro atoms. The predicted molar refractivity (Wildman–Crippen MR) is 141 cm³/mol. The molecule has 0 radical (unpaired) electrons. The average Bonchev–Trinajstić information content (AvgIpc) is 3.34. The number of halogens is 8. The fraction of sp³-hybridized carbons (Fsp3) is 0.552. The van der Waals surface area contributed by atoms with Crippen LogP contribution in [-0.2, 0) is 31.5 Å². The molecule has 0 aromatic heterocycles. The Bertz CT molecular complexity index is 1490. The van der Waals surface area contributed by atoms with E-state index in [1.54, 1.807) is 6.92 Å². The molecule has 2 aliphatic carbocycles. The van der Waals surface area contributed by atoms with Crippen molar-refractivity contribution in [2.45, 2.75) is 92.0 Å². The number of nitrogens with zero attached hydrogens (tertiary/aromatic N) is 1. The van der Waals surface area contributed by atoms with Crippen molar-refractivity contribution in [1.82, 2.24) is 4.90 Å². The summed E-state index contributed by atoms with van der Waals surface area (Å²) in [6.07, 6.45) is -8.91. The minimum atomic E-state index is -6.31. The van der Waals surface area contributed by atoms with Crippen molar-refractivity contribution in [2.75, 3.05) is 6.54 Å². The molecule has 1 aliphatic heterocycles. The van der Waals surface area contributed by atoms with Crippen LogP contribution in [-0.4, -0.2) is 44.2 Å². The summed E-state index contributed by atoms with van der Waals surface area (Å²) in [6.45, 7) is 1.71. The molecule has 4 nitrogen and oxygen atoms in total. The van der Waals surface area contributed by atoms with Crippen LogP contribution >= 0.6 is 11.6 Å². The molecule has 2 fully saturated rings. The van der Waals surface area contributed by atoms with Crippen LogP contribution in [0.4, 0.5) is 30.7 Å². The van der Waals surface area contributed by atoms with Gasteiger partial charge in [0.1, 0.15) is 4.75 Å². The van der Waals surface area contributed by atoms with E-state index in [1.807, 2.05) is 0 Å². The van der Waals surface area contributed by atoms with Gasteiger partial charge in [0.25, 0.3) is 0 Å². The van der Waals surface area contributed by atoms with Crippen molar-refractivity contribution in [3.05, 3.63) is 63.7 Å². The van der Waals surface area contributed by atoms with Gasteiger partial charge >= 0.3 is 18.0 Å². The van der Waals surface area contributed by atoms with Crippen molar-refractivity contribution in [2.24, 2.45) is 5.92 Å². The monoisotopic (exact) mass is 639 g/mol. The smallest absolute Gasteiger partial charge is 0.337 e. The Morgan fingerprint density at radius 3 is 2.17 bits per heavy atom. The third-order valence-electron chi connectivity index (χ3n) is 9.24. The Hall–Kier alpha value is -2.34. The van der Waals surface area contributed by atoms with Crippen LogP contribution in [0.2, 0.25) is 5.02 Å². The highest BCUT2D eigenvalue weighted by Gasteiger charge is 2.74. The number of carbonyl (C=O) groups is 1. The molecule has 42 heavy (non-hydrogen) atoms. The molecular formula is C29H29ClF7NO3S. The number of benzene rings is 2. The van der Waals surface area contributed by atoms with Gasteiger partial charge in [0, 0.05) is 23.0 Å². The topological polar surface area (TPSA) is 54.5 Å². The van der Waals surface area contributed by atoms with E-state index < -0.39 is 44.2 Å². The Kier molecular flexibility index (Phi) is 7.69. The summed E-state index contributed by atoms with van der Waals surface area (Å²) in [5.74, 6) is -0.490. The Morgan fingerprint density at radius 1 is 0.929 bits per heavy atom. The van der Waals surface area contributed by atoms with Gasteiger partial charge in [-0.3, -0.25) is 4.79 Å². The number of aryl methyl sites for hydroxylation is 2. The number of rotatable bonds is 4. The van der Waals surface area contributed by atoms with Crippen molar-refractivity contribution in [3.8, 4) is 0 Å². The zero-order valence-electron chi connectivity index (χ0n) is 22.6. The maximum Gasteiger partial charge on any atom is 0.435 e. The summed E-state index contributed by atoms with van der Waals surface area (Å²) in [5, 5.41) is 0.154. The highest BCUT2D eigenvalue weighted by molar-refractivity contribution is 7.92. The zero-order valence-corrected chi connectivity index (χ0v) is 24.2. The van der Waals surface area contributed by atoms with Crippen LogP contribution in [0.25, 0.3) is 0 Å². The summed E-state index contributed by atoms with van der Waals surface area (Å²) in [7, 11) is -4.43. The van der Waals surface area contributed by atoms with Crippen LogP contribution in [0.1, 0.15) is 67.2 Å². The summed E-state index contributed by atoms with van der Waals surface area (Å²) in [4.78, 5) is 15.0. The lowest BCUT2D eigenvalue weighted by atomic mass is 9.76. The lowest BCUT2D eigenvalue weighted by Gasteiger charge is -2.43. The van der Waals surface area contributed by atoms with Crippen LogP contribution in [0, 0.1) is 12.8 Å². The van der Waals surface area contributed by atoms with Crippen LogP contribution in [0.5, 0.6) is 0 Å². The van der Waals surface area contributed by atoms with E-state index in [1.165, 1.54) is 23.1 Å². The lowest BCUT2D eigenvalue weighted by molar-refractivity contribution is -0.348. The van der Waals surface area contributed by atoms with Gasteiger partial charge < -0.3 is 4.90 Å².